The predicted octanol–water partition coefficient (Wildman–Crippen LogP) is 1.09. The minimum Gasteiger partial charge on any atom is -0.481 e. The number of hydrogen-bond donors (Lipinski definition) is 2. The van der Waals surface area contributed by atoms with E-state index in [1.54, 1.807) is 6.92 Å². The molecular weight excluding hydrogens is 232 g/mol. The third-order valence-corrected chi connectivity index (χ3v) is 3.82. The van der Waals surface area contributed by atoms with E-state index in [-0.39, 0.29) is 11.9 Å². The summed E-state index contributed by atoms with van der Waals surface area (Å²) in [5.74, 6) is -0.858. The fraction of sp³-hybridized carbons (Fsp3) is 0.846. The van der Waals surface area contributed by atoms with Gasteiger partial charge in [-0.1, -0.05) is 12.8 Å². The fourth-order valence-corrected chi connectivity index (χ4v) is 2.41. The van der Waals surface area contributed by atoms with E-state index >= 15 is 0 Å². The standard InChI is InChI=1S/C13H24N2O3/c1-13(12(17)18)8-5-4-6-10(13)14-11(16)7-9-15(2)3/h10H,4-9H2,1-3H3,(H,14,16)(H,17,18). The molecule has 1 rings (SSSR count). The molecule has 0 aliphatic heterocycles. The van der Waals surface area contributed by atoms with Gasteiger partial charge in [0.05, 0.1) is 5.41 Å². The van der Waals surface area contributed by atoms with Gasteiger partial charge in [0.1, 0.15) is 0 Å². The van der Waals surface area contributed by atoms with Gasteiger partial charge in [0.25, 0.3) is 0 Å². The Morgan fingerprint density at radius 1 is 1.39 bits per heavy atom. The van der Waals surface area contributed by atoms with Crippen molar-refractivity contribution in [3.63, 3.8) is 0 Å². The third kappa shape index (κ3) is 3.70. The number of aliphatic carboxylic acids is 1. The minimum absolute atomic E-state index is 0.0527. The van der Waals surface area contributed by atoms with E-state index in [1.807, 2.05) is 19.0 Å². The molecule has 1 aliphatic rings. The van der Waals surface area contributed by atoms with Crippen molar-refractivity contribution in [2.75, 3.05) is 20.6 Å². The van der Waals surface area contributed by atoms with Crippen molar-refractivity contribution in [1.82, 2.24) is 10.2 Å². The zero-order valence-electron chi connectivity index (χ0n) is 11.5. The van der Waals surface area contributed by atoms with E-state index in [1.165, 1.54) is 0 Å². The van der Waals surface area contributed by atoms with Crippen LogP contribution in [0.2, 0.25) is 0 Å². The van der Waals surface area contributed by atoms with Crippen molar-refractivity contribution in [2.24, 2.45) is 5.41 Å². The van der Waals surface area contributed by atoms with Crippen LogP contribution in [0.15, 0.2) is 0 Å². The topological polar surface area (TPSA) is 69.6 Å². The van der Waals surface area contributed by atoms with Crippen molar-refractivity contribution in [1.29, 1.82) is 0 Å². The molecule has 1 amide bonds. The molecule has 0 bridgehead atoms. The highest BCUT2D eigenvalue weighted by Gasteiger charge is 2.43. The normalized spacial score (nSPS) is 28.1. The minimum atomic E-state index is -0.813. The number of rotatable bonds is 5. The molecular formula is C13H24N2O3. The Kier molecular flexibility index (Phi) is 5.14. The molecule has 0 aromatic carbocycles. The second kappa shape index (κ2) is 6.18. The van der Waals surface area contributed by atoms with Crippen molar-refractivity contribution >= 4 is 11.9 Å². The molecule has 1 aliphatic carbocycles. The molecule has 2 N–H and O–H groups in total. The maximum absolute atomic E-state index is 11.8. The Morgan fingerprint density at radius 2 is 2.06 bits per heavy atom. The molecule has 1 saturated carbocycles. The van der Waals surface area contributed by atoms with Crippen LogP contribution < -0.4 is 5.32 Å². The molecule has 0 heterocycles. The average Bonchev–Trinajstić information content (AvgIpc) is 2.29. The van der Waals surface area contributed by atoms with Gasteiger partial charge in [0.2, 0.25) is 5.91 Å². The van der Waals surface area contributed by atoms with Crippen LogP contribution in [0.4, 0.5) is 0 Å². The van der Waals surface area contributed by atoms with Gasteiger partial charge in [-0.15, -0.1) is 0 Å². The number of nitrogens with zero attached hydrogens (tertiary/aromatic N) is 1. The molecule has 5 nitrogen and oxygen atoms in total. The summed E-state index contributed by atoms with van der Waals surface area (Å²) in [5.41, 5.74) is -0.813. The molecule has 104 valence electrons. The lowest BCUT2D eigenvalue weighted by molar-refractivity contribution is -0.152. The molecule has 0 radical (unpaired) electrons. The van der Waals surface area contributed by atoms with Gasteiger partial charge in [-0.2, -0.15) is 0 Å². The highest BCUT2D eigenvalue weighted by molar-refractivity contribution is 5.80. The van der Waals surface area contributed by atoms with E-state index in [0.717, 1.165) is 19.3 Å². The molecule has 18 heavy (non-hydrogen) atoms. The Labute approximate surface area is 109 Å². The van der Waals surface area contributed by atoms with Crippen LogP contribution >= 0.6 is 0 Å². The fourth-order valence-electron chi connectivity index (χ4n) is 2.41. The number of carboxylic acid groups (broad SMARTS) is 1. The molecule has 1 fully saturated rings. The quantitative estimate of drug-likeness (QED) is 0.772. The Hall–Kier alpha value is -1.10. The summed E-state index contributed by atoms with van der Waals surface area (Å²) in [6.07, 6.45) is 3.73. The molecule has 0 saturated heterocycles. The summed E-state index contributed by atoms with van der Waals surface area (Å²) in [7, 11) is 3.82. The van der Waals surface area contributed by atoms with Gasteiger partial charge in [-0.3, -0.25) is 9.59 Å². The van der Waals surface area contributed by atoms with Crippen LogP contribution in [0.25, 0.3) is 0 Å². The third-order valence-electron chi connectivity index (χ3n) is 3.82. The molecule has 0 aromatic rings. The second-order valence-electron chi connectivity index (χ2n) is 5.64. The Balaban J connectivity index is 2.57. The molecule has 2 unspecified atom stereocenters. The second-order valence-corrected chi connectivity index (χ2v) is 5.64. The first-order valence-electron chi connectivity index (χ1n) is 6.54. The first kappa shape index (κ1) is 15.0. The highest BCUT2D eigenvalue weighted by atomic mass is 16.4. The lowest BCUT2D eigenvalue weighted by atomic mass is 9.71. The number of amides is 1. The summed E-state index contributed by atoms with van der Waals surface area (Å²) < 4.78 is 0. The van der Waals surface area contributed by atoms with Gasteiger partial charge in [-0.05, 0) is 33.9 Å². The van der Waals surface area contributed by atoms with Crippen LogP contribution in [0.3, 0.4) is 0 Å². The van der Waals surface area contributed by atoms with Crippen LogP contribution in [-0.4, -0.2) is 48.6 Å². The van der Waals surface area contributed by atoms with Gasteiger partial charge < -0.3 is 15.3 Å². The van der Waals surface area contributed by atoms with E-state index in [4.69, 9.17) is 0 Å². The van der Waals surface area contributed by atoms with E-state index < -0.39 is 11.4 Å². The summed E-state index contributed by atoms with van der Waals surface area (Å²) in [5, 5.41) is 12.2. The molecule has 0 aromatic heterocycles. The number of carbonyl (C=O) groups is 2. The smallest absolute Gasteiger partial charge is 0.311 e. The van der Waals surface area contributed by atoms with Crippen LogP contribution in [-0.2, 0) is 9.59 Å². The molecule has 5 heteroatoms. The van der Waals surface area contributed by atoms with Crippen LogP contribution in [0, 0.1) is 5.41 Å². The van der Waals surface area contributed by atoms with E-state index in [2.05, 4.69) is 5.32 Å². The first-order valence-corrected chi connectivity index (χ1v) is 6.54. The van der Waals surface area contributed by atoms with Crippen molar-refractivity contribution < 1.29 is 14.7 Å². The number of nitrogens with one attached hydrogen (secondary N) is 1. The first-order chi connectivity index (χ1) is 8.36. The van der Waals surface area contributed by atoms with Crippen molar-refractivity contribution in [2.45, 2.75) is 45.1 Å². The van der Waals surface area contributed by atoms with Gasteiger partial charge in [0, 0.05) is 19.0 Å². The lowest BCUT2D eigenvalue weighted by Crippen LogP contribution is -2.52. The summed E-state index contributed by atoms with van der Waals surface area (Å²) in [4.78, 5) is 25.1. The maximum atomic E-state index is 11.8. The number of hydrogen-bond acceptors (Lipinski definition) is 3. The number of carboxylic acids is 1. The predicted molar refractivity (Wildman–Crippen MR) is 69.3 cm³/mol. The molecule has 0 spiro atoms. The maximum Gasteiger partial charge on any atom is 0.311 e. The van der Waals surface area contributed by atoms with Gasteiger partial charge in [0.15, 0.2) is 0 Å². The van der Waals surface area contributed by atoms with Crippen molar-refractivity contribution in [3.05, 3.63) is 0 Å². The van der Waals surface area contributed by atoms with Gasteiger partial charge >= 0.3 is 5.97 Å². The lowest BCUT2D eigenvalue weighted by Gasteiger charge is -2.38. The average molecular weight is 256 g/mol. The monoisotopic (exact) mass is 256 g/mol. The SMILES string of the molecule is CN(C)CCC(=O)NC1CCCCC1(C)C(=O)O. The van der Waals surface area contributed by atoms with E-state index in [9.17, 15) is 14.7 Å². The summed E-state index contributed by atoms with van der Waals surface area (Å²) in [6.45, 7) is 2.42. The molecule has 2 atom stereocenters. The summed E-state index contributed by atoms with van der Waals surface area (Å²) >= 11 is 0. The van der Waals surface area contributed by atoms with Crippen LogP contribution in [0.1, 0.15) is 39.0 Å². The zero-order valence-corrected chi connectivity index (χ0v) is 11.5. The number of carbonyl (C=O) groups excluding carboxylic acids is 1. The van der Waals surface area contributed by atoms with E-state index in [0.29, 0.717) is 19.4 Å². The van der Waals surface area contributed by atoms with Crippen LogP contribution in [0.5, 0.6) is 0 Å². The highest BCUT2D eigenvalue weighted by Crippen LogP contribution is 2.36. The Bertz CT molecular complexity index is 317. The largest absolute Gasteiger partial charge is 0.481 e. The Morgan fingerprint density at radius 3 is 2.61 bits per heavy atom. The van der Waals surface area contributed by atoms with Crippen molar-refractivity contribution in [3.8, 4) is 0 Å². The van der Waals surface area contributed by atoms with Gasteiger partial charge in [-0.25, -0.2) is 0 Å². The summed E-state index contributed by atoms with van der Waals surface area (Å²) in [6, 6.07) is -0.238. The zero-order chi connectivity index (χ0) is 13.8.